The Morgan fingerprint density at radius 3 is 2.27 bits per heavy atom. The first-order valence-electron chi connectivity index (χ1n) is 8.29. The van der Waals surface area contributed by atoms with Crippen molar-refractivity contribution < 1.29 is 23.9 Å². The second kappa shape index (κ2) is 7.39. The summed E-state index contributed by atoms with van der Waals surface area (Å²) in [6.07, 6.45) is 0. The molecule has 2 aromatic carbocycles. The first-order valence-corrected chi connectivity index (χ1v) is 8.29. The van der Waals surface area contributed by atoms with Crippen molar-refractivity contribution in [3.05, 3.63) is 64.7 Å². The van der Waals surface area contributed by atoms with Crippen molar-refractivity contribution >= 4 is 17.8 Å². The number of hydrogen-bond donors (Lipinski definition) is 0. The third-order valence-corrected chi connectivity index (χ3v) is 4.36. The van der Waals surface area contributed by atoms with E-state index in [2.05, 4.69) is 0 Å². The highest BCUT2D eigenvalue weighted by molar-refractivity contribution is 6.21. The fraction of sp³-hybridized carbons (Fsp3) is 0.250. The van der Waals surface area contributed by atoms with Crippen LogP contribution < -0.4 is 4.74 Å². The first-order chi connectivity index (χ1) is 12.5. The van der Waals surface area contributed by atoms with E-state index in [-0.39, 0.29) is 31.6 Å². The third kappa shape index (κ3) is 3.44. The molecule has 0 N–H and O–H groups in total. The quantitative estimate of drug-likeness (QED) is 0.589. The molecule has 0 bridgehead atoms. The van der Waals surface area contributed by atoms with E-state index >= 15 is 0 Å². The molecule has 0 saturated carbocycles. The monoisotopic (exact) mass is 353 g/mol. The normalized spacial score (nSPS) is 12.9. The van der Waals surface area contributed by atoms with Crippen LogP contribution in [-0.2, 0) is 9.53 Å². The smallest absolute Gasteiger partial charge is 0.344 e. The molecule has 0 aliphatic carbocycles. The second-order valence-electron chi connectivity index (χ2n) is 6.01. The summed E-state index contributed by atoms with van der Waals surface area (Å²) in [7, 11) is 0. The Kier molecular flexibility index (Phi) is 5.02. The average Bonchev–Trinajstić information content (AvgIpc) is 2.88. The van der Waals surface area contributed by atoms with Gasteiger partial charge in [-0.1, -0.05) is 24.3 Å². The fourth-order valence-corrected chi connectivity index (χ4v) is 2.75. The fourth-order valence-electron chi connectivity index (χ4n) is 2.75. The molecule has 6 nitrogen and oxygen atoms in total. The number of amides is 2. The Hall–Kier alpha value is -3.15. The molecule has 3 rings (SSSR count). The number of carbonyl (C=O) groups excluding carboxylic acids is 3. The van der Waals surface area contributed by atoms with Crippen LogP contribution in [0.15, 0.2) is 42.5 Å². The highest BCUT2D eigenvalue weighted by Gasteiger charge is 2.34. The van der Waals surface area contributed by atoms with Gasteiger partial charge in [0.1, 0.15) is 12.4 Å². The zero-order chi connectivity index (χ0) is 18.7. The molecular weight excluding hydrogens is 334 g/mol. The molecule has 0 saturated heterocycles. The molecule has 1 aliphatic rings. The van der Waals surface area contributed by atoms with Gasteiger partial charge in [-0.15, -0.1) is 0 Å². The Morgan fingerprint density at radius 1 is 0.962 bits per heavy atom. The molecule has 134 valence electrons. The van der Waals surface area contributed by atoms with E-state index in [9.17, 15) is 14.4 Å². The van der Waals surface area contributed by atoms with E-state index in [1.807, 2.05) is 26.0 Å². The van der Waals surface area contributed by atoms with Crippen LogP contribution in [0.1, 0.15) is 31.8 Å². The highest BCUT2D eigenvalue weighted by atomic mass is 16.6. The summed E-state index contributed by atoms with van der Waals surface area (Å²) in [5.74, 6) is -0.661. The van der Waals surface area contributed by atoms with Crippen LogP contribution in [0.4, 0.5) is 0 Å². The summed E-state index contributed by atoms with van der Waals surface area (Å²) in [5.41, 5.74) is 2.79. The average molecular weight is 353 g/mol. The van der Waals surface area contributed by atoms with E-state index in [0.29, 0.717) is 16.9 Å². The lowest BCUT2D eigenvalue weighted by atomic mass is 10.1. The van der Waals surface area contributed by atoms with Crippen LogP contribution in [0, 0.1) is 13.8 Å². The number of imide groups is 1. The minimum absolute atomic E-state index is 0.0154. The molecule has 2 aromatic rings. The molecule has 2 amide bonds. The molecule has 6 heteroatoms. The number of esters is 1. The van der Waals surface area contributed by atoms with Crippen LogP contribution >= 0.6 is 0 Å². The van der Waals surface area contributed by atoms with Gasteiger partial charge in [0, 0.05) is 0 Å². The molecule has 0 unspecified atom stereocenters. The van der Waals surface area contributed by atoms with Crippen LogP contribution in [0.25, 0.3) is 0 Å². The molecule has 26 heavy (non-hydrogen) atoms. The molecule has 0 radical (unpaired) electrons. The maximum Gasteiger partial charge on any atom is 0.344 e. The van der Waals surface area contributed by atoms with E-state index < -0.39 is 5.97 Å². The number of nitrogens with zero attached hydrogens (tertiary/aromatic N) is 1. The van der Waals surface area contributed by atoms with Crippen molar-refractivity contribution in [3.8, 4) is 5.75 Å². The summed E-state index contributed by atoms with van der Waals surface area (Å²) in [6, 6.07) is 12.2. The number of hydrogen-bond acceptors (Lipinski definition) is 5. The van der Waals surface area contributed by atoms with Crippen molar-refractivity contribution in [2.24, 2.45) is 0 Å². The summed E-state index contributed by atoms with van der Waals surface area (Å²) >= 11 is 0. The molecule has 0 aromatic heterocycles. The van der Waals surface area contributed by atoms with Gasteiger partial charge in [-0.3, -0.25) is 14.5 Å². The molecule has 1 aliphatic heterocycles. The maximum absolute atomic E-state index is 12.2. The van der Waals surface area contributed by atoms with Crippen molar-refractivity contribution in [1.82, 2.24) is 4.90 Å². The van der Waals surface area contributed by atoms with Crippen LogP contribution in [-0.4, -0.2) is 42.4 Å². The Bertz CT molecular complexity index is 839. The van der Waals surface area contributed by atoms with Crippen molar-refractivity contribution in [3.63, 3.8) is 0 Å². The Labute approximate surface area is 151 Å². The number of benzene rings is 2. The van der Waals surface area contributed by atoms with Gasteiger partial charge in [0.25, 0.3) is 11.8 Å². The van der Waals surface area contributed by atoms with Gasteiger partial charge in [0.15, 0.2) is 6.61 Å². The SMILES string of the molecule is Cc1cccc(OCC(=O)OCCN2C(=O)c3ccccc3C2=O)c1C. The van der Waals surface area contributed by atoms with Gasteiger partial charge in [0.05, 0.1) is 17.7 Å². The number of fused-ring (bicyclic) bond motifs is 1. The lowest BCUT2D eigenvalue weighted by molar-refractivity contribution is -0.146. The minimum Gasteiger partial charge on any atom is -0.482 e. The number of carbonyl (C=O) groups is 3. The Morgan fingerprint density at radius 2 is 1.62 bits per heavy atom. The lowest BCUT2D eigenvalue weighted by Gasteiger charge is -2.14. The number of aryl methyl sites for hydroxylation is 1. The second-order valence-corrected chi connectivity index (χ2v) is 6.01. The molecule has 1 heterocycles. The van der Waals surface area contributed by atoms with Crippen LogP contribution in [0.2, 0.25) is 0 Å². The number of ether oxygens (including phenoxy) is 2. The summed E-state index contributed by atoms with van der Waals surface area (Å²) in [4.78, 5) is 37.3. The molecule has 0 fully saturated rings. The summed E-state index contributed by atoms with van der Waals surface area (Å²) in [5, 5.41) is 0. The van der Waals surface area contributed by atoms with Crippen molar-refractivity contribution in [1.29, 1.82) is 0 Å². The number of rotatable bonds is 6. The lowest BCUT2D eigenvalue weighted by Crippen LogP contribution is -2.34. The van der Waals surface area contributed by atoms with Gasteiger partial charge in [0.2, 0.25) is 0 Å². The summed E-state index contributed by atoms with van der Waals surface area (Å²) < 4.78 is 10.6. The van der Waals surface area contributed by atoms with E-state index in [1.54, 1.807) is 30.3 Å². The van der Waals surface area contributed by atoms with Gasteiger partial charge in [-0.05, 0) is 43.2 Å². The van der Waals surface area contributed by atoms with Crippen LogP contribution in [0.3, 0.4) is 0 Å². The zero-order valence-electron chi connectivity index (χ0n) is 14.7. The molecular formula is C20H19NO5. The third-order valence-electron chi connectivity index (χ3n) is 4.36. The summed E-state index contributed by atoms with van der Waals surface area (Å²) in [6.45, 7) is 3.59. The minimum atomic E-state index is -0.553. The topological polar surface area (TPSA) is 72.9 Å². The van der Waals surface area contributed by atoms with Gasteiger partial charge in [-0.25, -0.2) is 4.79 Å². The predicted molar refractivity (Wildman–Crippen MR) is 94.2 cm³/mol. The molecule has 0 atom stereocenters. The zero-order valence-corrected chi connectivity index (χ0v) is 14.7. The van der Waals surface area contributed by atoms with E-state index in [1.165, 1.54) is 0 Å². The largest absolute Gasteiger partial charge is 0.482 e. The van der Waals surface area contributed by atoms with E-state index in [0.717, 1.165) is 16.0 Å². The van der Waals surface area contributed by atoms with Crippen molar-refractivity contribution in [2.45, 2.75) is 13.8 Å². The standard InChI is InChI=1S/C20H19NO5/c1-13-6-5-9-17(14(13)2)26-12-18(22)25-11-10-21-19(23)15-7-3-4-8-16(15)20(21)24/h3-9H,10-12H2,1-2H3. The van der Waals surface area contributed by atoms with Gasteiger partial charge in [-0.2, -0.15) is 0 Å². The predicted octanol–water partition coefficient (Wildman–Crippen LogP) is 2.52. The first kappa shape index (κ1) is 17.7. The maximum atomic E-state index is 12.2. The molecule has 0 spiro atoms. The van der Waals surface area contributed by atoms with Crippen LogP contribution in [0.5, 0.6) is 5.75 Å². The van der Waals surface area contributed by atoms with Gasteiger partial charge >= 0.3 is 5.97 Å². The van der Waals surface area contributed by atoms with Gasteiger partial charge < -0.3 is 9.47 Å². The Balaban J connectivity index is 1.48. The van der Waals surface area contributed by atoms with E-state index in [4.69, 9.17) is 9.47 Å². The highest BCUT2D eigenvalue weighted by Crippen LogP contribution is 2.22. The van der Waals surface area contributed by atoms with Crippen molar-refractivity contribution in [2.75, 3.05) is 19.8 Å².